The molecule has 9 nitrogen and oxygen atoms in total. The highest BCUT2D eigenvalue weighted by atomic mass is 16.5. The summed E-state index contributed by atoms with van der Waals surface area (Å²) in [5.41, 5.74) is 2.12. The molecule has 2 heterocycles. The first kappa shape index (κ1) is 20.0. The minimum Gasteiger partial charge on any atom is -0.468 e. The first-order valence-electron chi connectivity index (χ1n) is 8.96. The lowest BCUT2D eigenvalue weighted by Crippen LogP contribution is -2.29. The van der Waals surface area contributed by atoms with Crippen LogP contribution in [-0.4, -0.2) is 45.6 Å². The summed E-state index contributed by atoms with van der Waals surface area (Å²) in [5, 5.41) is 0. The zero-order chi connectivity index (χ0) is 21.0. The molecule has 0 radical (unpaired) electrons. The van der Waals surface area contributed by atoms with Crippen LogP contribution in [-0.2, 0) is 14.3 Å². The van der Waals surface area contributed by atoms with Crippen molar-refractivity contribution in [1.82, 2.24) is 19.5 Å². The van der Waals surface area contributed by atoms with Gasteiger partial charge in [0, 0.05) is 29.2 Å². The van der Waals surface area contributed by atoms with Gasteiger partial charge in [-0.15, -0.1) is 0 Å². The number of aromatic amines is 1. The summed E-state index contributed by atoms with van der Waals surface area (Å²) in [6, 6.07) is 6.90. The summed E-state index contributed by atoms with van der Waals surface area (Å²) in [6.07, 6.45) is 5.40. The van der Waals surface area contributed by atoms with Crippen LogP contribution in [0.15, 0.2) is 47.8 Å². The molecular formula is C20H21N5O4. The van der Waals surface area contributed by atoms with E-state index in [-0.39, 0.29) is 18.0 Å². The standard InChI is InChI=1S/C20H21N5O4/c1-13(2)17-18(22-20(23-19(17)28)24-9-8-21-11-24)14-4-6-15(7-5-14)25(12-26)10-16(27)29-3/h4-9,11-13H,10H2,1-3H3,(H,22,23,28). The summed E-state index contributed by atoms with van der Waals surface area (Å²) in [6.45, 7) is 3.65. The van der Waals surface area contributed by atoms with Crippen LogP contribution in [0.2, 0.25) is 0 Å². The molecule has 0 bridgehead atoms. The van der Waals surface area contributed by atoms with Crippen molar-refractivity contribution in [3.05, 3.63) is 58.9 Å². The van der Waals surface area contributed by atoms with Crippen LogP contribution in [0.25, 0.3) is 17.2 Å². The average Bonchev–Trinajstić information content (AvgIpc) is 3.26. The van der Waals surface area contributed by atoms with E-state index < -0.39 is 5.97 Å². The summed E-state index contributed by atoms with van der Waals surface area (Å²) < 4.78 is 6.22. The smallest absolute Gasteiger partial charge is 0.325 e. The van der Waals surface area contributed by atoms with Crippen LogP contribution in [0.4, 0.5) is 5.69 Å². The van der Waals surface area contributed by atoms with E-state index in [0.717, 1.165) is 0 Å². The fourth-order valence-electron chi connectivity index (χ4n) is 2.94. The van der Waals surface area contributed by atoms with Crippen molar-refractivity contribution in [3.8, 4) is 17.2 Å². The highest BCUT2D eigenvalue weighted by Crippen LogP contribution is 2.27. The second-order valence-electron chi connectivity index (χ2n) is 6.63. The zero-order valence-electron chi connectivity index (χ0n) is 16.3. The number of hydrogen-bond donors (Lipinski definition) is 1. The Kier molecular flexibility index (Phi) is 5.87. The van der Waals surface area contributed by atoms with Gasteiger partial charge in [-0.25, -0.2) is 9.97 Å². The number of carbonyl (C=O) groups is 2. The van der Waals surface area contributed by atoms with Crippen LogP contribution >= 0.6 is 0 Å². The van der Waals surface area contributed by atoms with Crippen molar-refractivity contribution >= 4 is 18.1 Å². The van der Waals surface area contributed by atoms with E-state index in [1.807, 2.05) is 13.8 Å². The lowest BCUT2D eigenvalue weighted by molar-refractivity contribution is -0.139. The van der Waals surface area contributed by atoms with Crippen LogP contribution < -0.4 is 10.5 Å². The summed E-state index contributed by atoms with van der Waals surface area (Å²) in [7, 11) is 1.26. The number of esters is 1. The van der Waals surface area contributed by atoms with Crippen LogP contribution in [0, 0.1) is 0 Å². The number of aromatic nitrogens is 4. The third-order valence-corrected chi connectivity index (χ3v) is 4.40. The molecule has 0 aliphatic heterocycles. The summed E-state index contributed by atoms with van der Waals surface area (Å²) in [5.74, 6) is -0.218. The lowest BCUT2D eigenvalue weighted by Gasteiger charge is -2.17. The average molecular weight is 395 g/mol. The molecule has 1 aromatic carbocycles. The van der Waals surface area contributed by atoms with Gasteiger partial charge in [0.05, 0.1) is 12.8 Å². The first-order valence-corrected chi connectivity index (χ1v) is 8.96. The Hall–Kier alpha value is -3.75. The van der Waals surface area contributed by atoms with Gasteiger partial charge in [0.25, 0.3) is 5.56 Å². The topological polar surface area (TPSA) is 110 Å². The van der Waals surface area contributed by atoms with Gasteiger partial charge in [0.2, 0.25) is 12.4 Å². The molecule has 1 amide bonds. The van der Waals surface area contributed by atoms with Gasteiger partial charge in [-0.2, -0.15) is 0 Å². The normalized spacial score (nSPS) is 10.8. The number of benzene rings is 1. The molecule has 0 atom stereocenters. The van der Waals surface area contributed by atoms with Crippen LogP contribution in [0.3, 0.4) is 0 Å². The maximum atomic E-state index is 12.7. The highest BCUT2D eigenvalue weighted by molar-refractivity contribution is 5.86. The van der Waals surface area contributed by atoms with Crippen LogP contribution in [0.1, 0.15) is 25.3 Å². The second-order valence-corrected chi connectivity index (χ2v) is 6.63. The van der Waals surface area contributed by atoms with E-state index in [4.69, 9.17) is 0 Å². The van der Waals surface area contributed by atoms with E-state index in [2.05, 4.69) is 19.7 Å². The zero-order valence-corrected chi connectivity index (χ0v) is 16.3. The van der Waals surface area contributed by atoms with Crippen molar-refractivity contribution < 1.29 is 14.3 Å². The number of nitrogens with zero attached hydrogens (tertiary/aromatic N) is 4. The molecule has 9 heteroatoms. The molecule has 0 unspecified atom stereocenters. The Morgan fingerprint density at radius 3 is 2.59 bits per heavy atom. The molecule has 0 spiro atoms. The Labute approximate surface area is 167 Å². The number of rotatable bonds is 7. The molecule has 29 heavy (non-hydrogen) atoms. The number of carbonyl (C=O) groups excluding carboxylic acids is 2. The molecule has 0 aliphatic carbocycles. The van der Waals surface area contributed by atoms with Crippen molar-refractivity contribution in [2.24, 2.45) is 0 Å². The third kappa shape index (κ3) is 4.23. The molecule has 2 aromatic heterocycles. The van der Waals surface area contributed by atoms with E-state index in [1.54, 1.807) is 47.6 Å². The molecular weight excluding hydrogens is 374 g/mol. The van der Waals surface area contributed by atoms with Gasteiger partial charge in [-0.1, -0.05) is 26.0 Å². The Morgan fingerprint density at radius 2 is 2.03 bits per heavy atom. The minimum atomic E-state index is -0.524. The molecule has 3 rings (SSSR count). The summed E-state index contributed by atoms with van der Waals surface area (Å²) >= 11 is 0. The Bertz CT molecular complexity index is 1060. The number of methoxy groups -OCH3 is 1. The van der Waals surface area contributed by atoms with Crippen LogP contribution in [0.5, 0.6) is 0 Å². The van der Waals surface area contributed by atoms with Crippen molar-refractivity contribution in [2.45, 2.75) is 19.8 Å². The van der Waals surface area contributed by atoms with Gasteiger partial charge < -0.3 is 9.64 Å². The minimum absolute atomic E-state index is 0.0523. The van der Waals surface area contributed by atoms with Gasteiger partial charge >= 0.3 is 5.97 Å². The number of imidazole rings is 1. The van der Waals surface area contributed by atoms with Crippen molar-refractivity contribution in [1.29, 1.82) is 0 Å². The number of nitrogens with one attached hydrogen (secondary N) is 1. The molecule has 0 aliphatic rings. The van der Waals surface area contributed by atoms with Gasteiger partial charge in [-0.05, 0) is 18.1 Å². The number of H-pyrrole nitrogens is 1. The van der Waals surface area contributed by atoms with Gasteiger partial charge in [0.1, 0.15) is 12.9 Å². The largest absolute Gasteiger partial charge is 0.468 e. The third-order valence-electron chi connectivity index (χ3n) is 4.40. The molecule has 1 N–H and O–H groups in total. The molecule has 0 saturated carbocycles. The fraction of sp³-hybridized carbons (Fsp3) is 0.250. The lowest BCUT2D eigenvalue weighted by atomic mass is 9.98. The predicted molar refractivity (Wildman–Crippen MR) is 107 cm³/mol. The van der Waals surface area contributed by atoms with E-state index in [0.29, 0.717) is 34.9 Å². The summed E-state index contributed by atoms with van der Waals surface area (Å²) in [4.78, 5) is 48.2. The highest BCUT2D eigenvalue weighted by Gasteiger charge is 2.18. The molecule has 3 aromatic rings. The number of anilines is 1. The maximum Gasteiger partial charge on any atom is 0.325 e. The number of ether oxygens (including phenoxy) is 1. The van der Waals surface area contributed by atoms with Gasteiger partial charge in [-0.3, -0.25) is 23.9 Å². The Balaban J connectivity index is 2.04. The monoisotopic (exact) mass is 395 g/mol. The predicted octanol–water partition coefficient (Wildman–Crippen LogP) is 1.88. The van der Waals surface area contributed by atoms with E-state index >= 15 is 0 Å². The molecule has 0 fully saturated rings. The van der Waals surface area contributed by atoms with Gasteiger partial charge in [0.15, 0.2) is 0 Å². The van der Waals surface area contributed by atoms with Crippen molar-refractivity contribution in [3.63, 3.8) is 0 Å². The Morgan fingerprint density at radius 1 is 1.31 bits per heavy atom. The maximum absolute atomic E-state index is 12.7. The molecule has 150 valence electrons. The fourth-order valence-corrected chi connectivity index (χ4v) is 2.94. The molecule has 0 saturated heterocycles. The quantitative estimate of drug-likeness (QED) is 0.483. The SMILES string of the molecule is COC(=O)CN(C=O)c1ccc(-c2nc(-n3ccnc3)[nH]c(=O)c2C(C)C)cc1. The van der Waals surface area contributed by atoms with E-state index in [1.165, 1.54) is 12.0 Å². The number of hydrogen-bond acceptors (Lipinski definition) is 6. The van der Waals surface area contributed by atoms with E-state index in [9.17, 15) is 14.4 Å². The first-order chi connectivity index (χ1) is 13.9. The second kappa shape index (κ2) is 8.51. The van der Waals surface area contributed by atoms with Crippen molar-refractivity contribution in [2.75, 3.05) is 18.6 Å². The number of amides is 1.